The monoisotopic (exact) mass is 280 g/mol. The second-order valence-electron chi connectivity index (χ2n) is 5.30. The van der Waals surface area contributed by atoms with E-state index in [9.17, 15) is 4.79 Å². The first kappa shape index (κ1) is 12.8. The molecule has 0 aromatic carbocycles. The van der Waals surface area contributed by atoms with E-state index < -0.39 is 0 Å². The lowest BCUT2D eigenvalue weighted by Crippen LogP contribution is -2.29. The van der Waals surface area contributed by atoms with Crippen LogP contribution in [-0.4, -0.2) is 39.3 Å². The lowest BCUT2D eigenvalue weighted by molar-refractivity contribution is -0.122. The Hall–Kier alpha value is -1.17. The summed E-state index contributed by atoms with van der Waals surface area (Å²) in [6, 6.07) is 0.972. The smallest absolute Gasteiger partial charge is 0.241 e. The molecule has 1 aliphatic carbocycles. The second kappa shape index (κ2) is 5.86. The average molecular weight is 280 g/mol. The van der Waals surface area contributed by atoms with Crippen LogP contribution >= 0.6 is 11.8 Å². The van der Waals surface area contributed by atoms with Crippen molar-refractivity contribution >= 4 is 23.4 Å². The molecule has 0 spiro atoms. The van der Waals surface area contributed by atoms with Crippen molar-refractivity contribution in [2.24, 2.45) is 0 Å². The Morgan fingerprint density at radius 1 is 1.32 bits per heavy atom. The van der Waals surface area contributed by atoms with Gasteiger partial charge in [0.05, 0.1) is 11.9 Å². The maximum atomic E-state index is 11.7. The molecule has 1 aromatic rings. The molecular formula is C13H20N4OS. The molecule has 1 saturated carbocycles. The number of nitrogens with zero attached hydrogens (tertiary/aromatic N) is 2. The number of hydrogen-bond donors (Lipinski definition) is 2. The highest BCUT2D eigenvalue weighted by Gasteiger charge is 2.23. The second-order valence-corrected chi connectivity index (χ2v) is 6.52. The number of rotatable bonds is 5. The van der Waals surface area contributed by atoms with Crippen molar-refractivity contribution in [3.63, 3.8) is 0 Å². The fourth-order valence-electron chi connectivity index (χ4n) is 2.25. The first-order valence-electron chi connectivity index (χ1n) is 6.96. The average Bonchev–Trinajstić information content (AvgIpc) is 3.11. The maximum absolute atomic E-state index is 11.7. The maximum Gasteiger partial charge on any atom is 0.241 e. The van der Waals surface area contributed by atoms with Gasteiger partial charge in [0.1, 0.15) is 6.54 Å². The molecule has 19 heavy (non-hydrogen) atoms. The van der Waals surface area contributed by atoms with Crippen LogP contribution in [0.1, 0.15) is 25.7 Å². The fourth-order valence-corrected chi connectivity index (χ4v) is 3.36. The topological polar surface area (TPSA) is 59.0 Å². The van der Waals surface area contributed by atoms with Crippen molar-refractivity contribution in [1.29, 1.82) is 0 Å². The molecule has 5 nitrogen and oxygen atoms in total. The molecule has 104 valence electrons. The van der Waals surface area contributed by atoms with E-state index >= 15 is 0 Å². The fraction of sp³-hybridized carbons (Fsp3) is 0.692. The molecule has 2 heterocycles. The molecule has 1 aliphatic heterocycles. The highest BCUT2D eigenvalue weighted by Crippen LogP contribution is 2.21. The molecule has 6 heteroatoms. The minimum atomic E-state index is 0.0613. The van der Waals surface area contributed by atoms with Crippen molar-refractivity contribution in [3.8, 4) is 0 Å². The molecule has 1 saturated heterocycles. The van der Waals surface area contributed by atoms with Crippen LogP contribution in [0.25, 0.3) is 0 Å². The van der Waals surface area contributed by atoms with Gasteiger partial charge in [-0.3, -0.25) is 9.48 Å². The quantitative estimate of drug-likeness (QED) is 0.857. The predicted octanol–water partition coefficient (Wildman–Crippen LogP) is 1.47. The molecular weight excluding hydrogens is 260 g/mol. The zero-order valence-corrected chi connectivity index (χ0v) is 11.8. The Labute approximate surface area is 117 Å². The van der Waals surface area contributed by atoms with Gasteiger partial charge >= 0.3 is 0 Å². The Morgan fingerprint density at radius 2 is 2.11 bits per heavy atom. The molecule has 0 unspecified atom stereocenters. The van der Waals surface area contributed by atoms with Crippen LogP contribution in [0.3, 0.4) is 0 Å². The molecule has 0 atom stereocenters. The van der Waals surface area contributed by atoms with Crippen molar-refractivity contribution in [1.82, 2.24) is 15.1 Å². The highest BCUT2D eigenvalue weighted by molar-refractivity contribution is 7.99. The standard InChI is InChI=1S/C13H20N4OS/c18-13(16-10-1-2-10)9-17-8-12(7-14-17)15-11-3-5-19-6-4-11/h7-8,10-11,15H,1-6,9H2,(H,16,18). The Morgan fingerprint density at radius 3 is 2.84 bits per heavy atom. The van der Waals surface area contributed by atoms with E-state index in [2.05, 4.69) is 15.7 Å². The van der Waals surface area contributed by atoms with E-state index in [0.717, 1.165) is 18.5 Å². The first-order chi connectivity index (χ1) is 9.29. The van der Waals surface area contributed by atoms with Crippen LogP contribution in [0.2, 0.25) is 0 Å². The van der Waals surface area contributed by atoms with Gasteiger partial charge in [0.15, 0.2) is 0 Å². The van der Waals surface area contributed by atoms with Crippen molar-refractivity contribution in [2.75, 3.05) is 16.8 Å². The third-order valence-electron chi connectivity index (χ3n) is 3.47. The van der Waals surface area contributed by atoms with Gasteiger partial charge in [0.25, 0.3) is 0 Å². The number of hydrogen-bond acceptors (Lipinski definition) is 4. The lowest BCUT2D eigenvalue weighted by atomic mass is 10.1. The summed E-state index contributed by atoms with van der Waals surface area (Å²) >= 11 is 2.02. The SMILES string of the molecule is O=C(Cn1cc(NC2CCSCC2)cn1)NC1CC1. The normalized spacial score (nSPS) is 20.2. The van der Waals surface area contributed by atoms with E-state index in [0.29, 0.717) is 18.6 Å². The summed E-state index contributed by atoms with van der Waals surface area (Å²) < 4.78 is 1.71. The van der Waals surface area contributed by atoms with Gasteiger partial charge < -0.3 is 10.6 Å². The zero-order valence-electron chi connectivity index (χ0n) is 11.0. The van der Waals surface area contributed by atoms with Crippen LogP contribution < -0.4 is 10.6 Å². The largest absolute Gasteiger partial charge is 0.380 e. The molecule has 1 amide bonds. The molecule has 2 aliphatic rings. The van der Waals surface area contributed by atoms with E-state index in [1.807, 2.05) is 24.2 Å². The molecule has 0 bridgehead atoms. The zero-order chi connectivity index (χ0) is 13.1. The van der Waals surface area contributed by atoms with Gasteiger partial charge in [-0.05, 0) is 37.2 Å². The van der Waals surface area contributed by atoms with Crippen LogP contribution in [0, 0.1) is 0 Å². The van der Waals surface area contributed by atoms with Gasteiger partial charge in [0.2, 0.25) is 5.91 Å². The number of amides is 1. The summed E-state index contributed by atoms with van der Waals surface area (Å²) in [5, 5.41) is 10.7. The summed E-state index contributed by atoms with van der Waals surface area (Å²) in [5.74, 6) is 2.52. The number of thioether (sulfide) groups is 1. The summed E-state index contributed by atoms with van der Waals surface area (Å²) in [6.07, 6.45) is 8.39. The van der Waals surface area contributed by atoms with Crippen LogP contribution in [0.4, 0.5) is 5.69 Å². The number of anilines is 1. The number of carbonyl (C=O) groups is 1. The van der Waals surface area contributed by atoms with Crippen LogP contribution in [0.5, 0.6) is 0 Å². The highest BCUT2D eigenvalue weighted by atomic mass is 32.2. The van der Waals surface area contributed by atoms with Gasteiger partial charge in [-0.1, -0.05) is 0 Å². The molecule has 2 fully saturated rings. The van der Waals surface area contributed by atoms with Crippen LogP contribution in [-0.2, 0) is 11.3 Å². The van der Waals surface area contributed by atoms with Crippen molar-refractivity contribution < 1.29 is 4.79 Å². The van der Waals surface area contributed by atoms with Gasteiger partial charge in [-0.15, -0.1) is 0 Å². The third kappa shape index (κ3) is 3.89. The minimum absolute atomic E-state index is 0.0613. The summed E-state index contributed by atoms with van der Waals surface area (Å²) in [6.45, 7) is 0.318. The lowest BCUT2D eigenvalue weighted by Gasteiger charge is -2.22. The summed E-state index contributed by atoms with van der Waals surface area (Å²) in [4.78, 5) is 11.7. The molecule has 1 aromatic heterocycles. The van der Waals surface area contributed by atoms with E-state index in [1.165, 1.54) is 24.3 Å². The Kier molecular flexibility index (Phi) is 3.96. The summed E-state index contributed by atoms with van der Waals surface area (Å²) in [7, 11) is 0. The molecule has 0 radical (unpaired) electrons. The number of carbonyl (C=O) groups excluding carboxylic acids is 1. The number of aromatic nitrogens is 2. The van der Waals surface area contributed by atoms with Gasteiger partial charge in [0, 0.05) is 18.3 Å². The van der Waals surface area contributed by atoms with Crippen molar-refractivity contribution in [3.05, 3.63) is 12.4 Å². The van der Waals surface area contributed by atoms with Crippen LogP contribution in [0.15, 0.2) is 12.4 Å². The predicted molar refractivity (Wildman–Crippen MR) is 77.4 cm³/mol. The Balaban J connectivity index is 1.48. The van der Waals surface area contributed by atoms with E-state index in [1.54, 1.807) is 4.68 Å². The molecule has 3 rings (SSSR count). The van der Waals surface area contributed by atoms with Crippen molar-refractivity contribution in [2.45, 2.75) is 44.3 Å². The van der Waals surface area contributed by atoms with Gasteiger partial charge in [-0.25, -0.2) is 0 Å². The minimum Gasteiger partial charge on any atom is -0.380 e. The third-order valence-corrected chi connectivity index (χ3v) is 4.52. The first-order valence-corrected chi connectivity index (χ1v) is 8.11. The van der Waals surface area contributed by atoms with Gasteiger partial charge in [-0.2, -0.15) is 16.9 Å². The molecule has 2 N–H and O–H groups in total. The number of nitrogens with one attached hydrogen (secondary N) is 2. The van der Waals surface area contributed by atoms with E-state index in [-0.39, 0.29) is 5.91 Å². The Bertz CT molecular complexity index is 438. The van der Waals surface area contributed by atoms with E-state index in [4.69, 9.17) is 0 Å². The summed E-state index contributed by atoms with van der Waals surface area (Å²) in [5.41, 5.74) is 1.02.